The average molecular weight is 304 g/mol. The molecule has 1 fully saturated rings. The lowest BCUT2D eigenvalue weighted by Crippen LogP contribution is -2.45. The molecule has 3 heterocycles. The van der Waals surface area contributed by atoms with Crippen LogP contribution in [0.4, 0.5) is 0 Å². The van der Waals surface area contributed by atoms with Gasteiger partial charge in [0.25, 0.3) is 5.91 Å². The van der Waals surface area contributed by atoms with Crippen LogP contribution in [0.2, 0.25) is 0 Å². The maximum Gasteiger partial charge on any atom is 0.255 e. The van der Waals surface area contributed by atoms with Crippen LogP contribution in [-0.4, -0.2) is 39.5 Å². The zero-order valence-corrected chi connectivity index (χ0v) is 13.2. The lowest BCUT2D eigenvalue weighted by atomic mass is 10.1. The largest absolute Gasteiger partial charge is 0.337 e. The number of nitrogens with two attached hydrogens (primary N) is 1. The Labute approximate surface area is 128 Å². The first-order chi connectivity index (χ1) is 10.1. The maximum absolute atomic E-state index is 12.7. The second-order valence-corrected chi connectivity index (χ2v) is 6.46. The monoisotopic (exact) mass is 304 g/mol. The van der Waals surface area contributed by atoms with E-state index in [4.69, 9.17) is 5.73 Å². The summed E-state index contributed by atoms with van der Waals surface area (Å²) in [6, 6.07) is 2.06. The van der Waals surface area contributed by atoms with Gasteiger partial charge in [-0.15, -0.1) is 11.3 Å². The zero-order chi connectivity index (χ0) is 15.0. The fraction of sp³-hybridized carbons (Fsp3) is 0.467. The molecule has 0 saturated carbocycles. The molecule has 0 spiro atoms. The van der Waals surface area contributed by atoms with Crippen LogP contribution in [0.1, 0.15) is 34.6 Å². The van der Waals surface area contributed by atoms with Crippen LogP contribution >= 0.6 is 11.3 Å². The molecule has 1 unspecified atom stereocenters. The number of hydrogen-bond acceptors (Lipinski definition) is 4. The molecule has 0 radical (unpaired) electrons. The van der Waals surface area contributed by atoms with E-state index in [9.17, 15) is 4.79 Å². The zero-order valence-electron chi connectivity index (χ0n) is 12.4. The lowest BCUT2D eigenvalue weighted by molar-refractivity contribution is 0.0708. The van der Waals surface area contributed by atoms with Gasteiger partial charge in [0.05, 0.1) is 5.56 Å². The number of thiazole rings is 1. The van der Waals surface area contributed by atoms with E-state index >= 15 is 0 Å². The number of aromatic nitrogens is 2. The van der Waals surface area contributed by atoms with Gasteiger partial charge in [-0.1, -0.05) is 0 Å². The van der Waals surface area contributed by atoms with Crippen molar-refractivity contribution in [1.82, 2.24) is 14.5 Å². The summed E-state index contributed by atoms with van der Waals surface area (Å²) < 4.78 is 2.04. The first kappa shape index (κ1) is 14.3. The van der Waals surface area contributed by atoms with E-state index in [-0.39, 0.29) is 11.9 Å². The van der Waals surface area contributed by atoms with Crippen molar-refractivity contribution in [2.75, 3.05) is 13.1 Å². The first-order valence-electron chi connectivity index (χ1n) is 7.21. The van der Waals surface area contributed by atoms with Crippen LogP contribution in [0.5, 0.6) is 0 Å². The van der Waals surface area contributed by atoms with Gasteiger partial charge in [-0.3, -0.25) is 9.36 Å². The number of rotatable bonds is 2. The van der Waals surface area contributed by atoms with E-state index in [1.807, 2.05) is 34.8 Å². The molecular weight excluding hydrogens is 284 g/mol. The van der Waals surface area contributed by atoms with Crippen LogP contribution < -0.4 is 5.73 Å². The van der Waals surface area contributed by atoms with E-state index < -0.39 is 0 Å². The Balaban J connectivity index is 1.93. The normalized spacial score (nSPS) is 19.0. The first-order valence-corrected chi connectivity index (χ1v) is 8.09. The molecular formula is C15H20N4OS. The molecule has 2 aromatic rings. The molecule has 3 rings (SSSR count). The highest BCUT2D eigenvalue weighted by atomic mass is 32.1. The molecule has 1 atom stereocenters. The molecule has 21 heavy (non-hydrogen) atoms. The molecule has 1 aliphatic rings. The summed E-state index contributed by atoms with van der Waals surface area (Å²) in [4.78, 5) is 19.0. The summed E-state index contributed by atoms with van der Waals surface area (Å²) >= 11 is 1.57. The number of hydrogen-bond donors (Lipinski definition) is 1. The predicted molar refractivity (Wildman–Crippen MR) is 84.0 cm³/mol. The lowest BCUT2D eigenvalue weighted by Gasteiger charge is -2.30. The number of amides is 1. The van der Waals surface area contributed by atoms with E-state index in [2.05, 4.69) is 4.98 Å². The summed E-state index contributed by atoms with van der Waals surface area (Å²) in [7, 11) is 0. The highest BCUT2D eigenvalue weighted by Gasteiger charge is 2.25. The van der Waals surface area contributed by atoms with Gasteiger partial charge in [0.2, 0.25) is 0 Å². The standard InChI is InChI=1S/C15H20N4OS/c1-10-8-13(11(2)19(10)15-17-5-7-21-15)14(20)18-6-3-4-12(16)9-18/h5,7-8,12H,3-4,6,9,16H2,1-2H3. The van der Waals surface area contributed by atoms with Gasteiger partial charge in [0.15, 0.2) is 5.13 Å². The van der Waals surface area contributed by atoms with E-state index in [1.165, 1.54) is 0 Å². The molecule has 0 aliphatic carbocycles. The summed E-state index contributed by atoms with van der Waals surface area (Å²) in [5, 5.41) is 2.85. The van der Waals surface area contributed by atoms with Gasteiger partial charge in [-0.2, -0.15) is 0 Å². The van der Waals surface area contributed by atoms with Crippen molar-refractivity contribution >= 4 is 17.2 Å². The molecule has 5 nitrogen and oxygen atoms in total. The Morgan fingerprint density at radius 2 is 2.29 bits per heavy atom. The second-order valence-electron chi connectivity index (χ2n) is 5.59. The van der Waals surface area contributed by atoms with Crippen molar-refractivity contribution < 1.29 is 4.79 Å². The van der Waals surface area contributed by atoms with Crippen molar-refractivity contribution in [2.45, 2.75) is 32.7 Å². The molecule has 1 saturated heterocycles. The topological polar surface area (TPSA) is 64.2 Å². The Hall–Kier alpha value is -1.66. The minimum absolute atomic E-state index is 0.0843. The van der Waals surface area contributed by atoms with Crippen LogP contribution in [-0.2, 0) is 0 Å². The molecule has 1 aliphatic heterocycles. The average Bonchev–Trinajstić information content (AvgIpc) is 3.06. The number of carbonyl (C=O) groups is 1. The fourth-order valence-electron chi connectivity index (χ4n) is 2.96. The summed E-state index contributed by atoms with van der Waals surface area (Å²) in [5.74, 6) is 0.0843. The van der Waals surface area contributed by atoms with Crippen LogP contribution in [0, 0.1) is 13.8 Å². The molecule has 1 amide bonds. The molecule has 0 aromatic carbocycles. The van der Waals surface area contributed by atoms with E-state index in [0.717, 1.165) is 41.5 Å². The predicted octanol–water partition coefficient (Wildman–Crippen LogP) is 2.11. The number of nitrogens with zero attached hydrogens (tertiary/aromatic N) is 3. The number of carbonyl (C=O) groups excluding carboxylic acids is 1. The van der Waals surface area contributed by atoms with Crippen LogP contribution in [0.15, 0.2) is 17.6 Å². The van der Waals surface area contributed by atoms with Gasteiger partial charge in [-0.05, 0) is 32.8 Å². The van der Waals surface area contributed by atoms with Crippen molar-refractivity contribution in [3.8, 4) is 5.13 Å². The Morgan fingerprint density at radius 1 is 1.48 bits per heavy atom. The van der Waals surface area contributed by atoms with Gasteiger partial charge >= 0.3 is 0 Å². The third kappa shape index (κ3) is 2.61. The molecule has 2 N–H and O–H groups in total. The highest BCUT2D eigenvalue weighted by Crippen LogP contribution is 2.24. The highest BCUT2D eigenvalue weighted by molar-refractivity contribution is 7.12. The molecule has 2 aromatic heterocycles. The van der Waals surface area contributed by atoms with Crippen LogP contribution in [0.3, 0.4) is 0 Å². The number of likely N-dealkylation sites (tertiary alicyclic amines) is 1. The third-order valence-electron chi connectivity index (χ3n) is 4.02. The van der Waals surface area contributed by atoms with Crippen molar-refractivity contribution in [3.05, 3.63) is 34.6 Å². The Kier molecular flexibility index (Phi) is 3.82. The van der Waals surface area contributed by atoms with Crippen molar-refractivity contribution in [3.63, 3.8) is 0 Å². The molecule has 6 heteroatoms. The Bertz CT molecular complexity index is 647. The summed E-state index contributed by atoms with van der Waals surface area (Å²) in [6.45, 7) is 5.44. The quantitative estimate of drug-likeness (QED) is 0.924. The van der Waals surface area contributed by atoms with Gasteiger partial charge in [0.1, 0.15) is 0 Å². The van der Waals surface area contributed by atoms with E-state index in [0.29, 0.717) is 6.54 Å². The van der Waals surface area contributed by atoms with Gasteiger partial charge in [-0.25, -0.2) is 4.98 Å². The smallest absolute Gasteiger partial charge is 0.255 e. The minimum Gasteiger partial charge on any atom is -0.337 e. The maximum atomic E-state index is 12.7. The van der Waals surface area contributed by atoms with Crippen molar-refractivity contribution in [2.24, 2.45) is 5.73 Å². The minimum atomic E-state index is 0.0843. The number of aryl methyl sites for hydroxylation is 1. The summed E-state index contributed by atoms with van der Waals surface area (Å²) in [6.07, 6.45) is 3.77. The van der Waals surface area contributed by atoms with Gasteiger partial charge in [0, 0.05) is 42.1 Å². The van der Waals surface area contributed by atoms with Crippen LogP contribution in [0.25, 0.3) is 5.13 Å². The van der Waals surface area contributed by atoms with Gasteiger partial charge < -0.3 is 10.6 Å². The van der Waals surface area contributed by atoms with Crippen molar-refractivity contribution in [1.29, 1.82) is 0 Å². The SMILES string of the molecule is Cc1cc(C(=O)N2CCCC(N)C2)c(C)n1-c1nccs1. The number of piperidine rings is 1. The summed E-state index contributed by atoms with van der Waals surface area (Å²) in [5.41, 5.74) is 8.73. The molecule has 0 bridgehead atoms. The fourth-order valence-corrected chi connectivity index (χ4v) is 3.72. The molecule has 112 valence electrons. The van der Waals surface area contributed by atoms with E-state index in [1.54, 1.807) is 17.5 Å². The second kappa shape index (κ2) is 5.61. The Morgan fingerprint density at radius 3 is 2.95 bits per heavy atom. The third-order valence-corrected chi connectivity index (χ3v) is 4.77.